The van der Waals surface area contributed by atoms with Gasteiger partial charge >= 0.3 is 5.76 Å². The van der Waals surface area contributed by atoms with Crippen molar-refractivity contribution in [3.8, 4) is 0 Å². The second-order valence-electron chi connectivity index (χ2n) is 2.42. The minimum atomic E-state index is -3.26. The zero-order valence-corrected chi connectivity index (χ0v) is 7.38. The maximum atomic E-state index is 10.9. The Balaban J connectivity index is 3.09. The van der Waals surface area contributed by atoms with Crippen molar-refractivity contribution in [2.45, 2.75) is 12.2 Å². The number of aromatic nitrogens is 2. The maximum absolute atomic E-state index is 10.9. The van der Waals surface area contributed by atoms with Gasteiger partial charge in [-0.25, -0.2) is 18.3 Å². The summed E-state index contributed by atoms with van der Waals surface area (Å²) in [5, 5.41) is 4.49. The highest BCUT2D eigenvalue weighted by atomic mass is 32.2. The van der Waals surface area contributed by atoms with E-state index < -0.39 is 20.8 Å². The Bertz CT molecular complexity index is 415. The van der Waals surface area contributed by atoms with Crippen LogP contribution >= 0.6 is 0 Å². The number of rotatable bonds is 2. The highest BCUT2D eigenvalue weighted by Crippen LogP contribution is 2.15. The smallest absolute Gasteiger partial charge is 0.391 e. The maximum Gasteiger partial charge on any atom is 0.434 e. The van der Waals surface area contributed by atoms with Gasteiger partial charge in [-0.1, -0.05) is 0 Å². The van der Waals surface area contributed by atoms with Gasteiger partial charge in [0, 0.05) is 6.26 Å². The Hall–Kier alpha value is -1.11. The van der Waals surface area contributed by atoms with Gasteiger partial charge in [0.25, 0.3) is 0 Å². The summed E-state index contributed by atoms with van der Waals surface area (Å²) < 4.78 is 26.3. The zero-order chi connectivity index (χ0) is 9.35. The normalized spacial score (nSPS) is 14.5. The predicted molar refractivity (Wildman–Crippen MR) is 40.4 cm³/mol. The van der Waals surface area contributed by atoms with E-state index in [-0.39, 0.29) is 5.89 Å². The molecule has 0 spiro atoms. The molecule has 0 aliphatic heterocycles. The third kappa shape index (κ3) is 1.73. The van der Waals surface area contributed by atoms with Crippen molar-refractivity contribution < 1.29 is 12.8 Å². The molecule has 1 atom stereocenters. The fourth-order valence-electron chi connectivity index (χ4n) is 0.598. The second-order valence-corrected chi connectivity index (χ2v) is 4.79. The first-order valence-electron chi connectivity index (χ1n) is 3.15. The molecule has 68 valence electrons. The Morgan fingerprint density at radius 3 is 2.50 bits per heavy atom. The quantitative estimate of drug-likeness (QED) is 0.679. The van der Waals surface area contributed by atoms with Crippen LogP contribution in [0.4, 0.5) is 0 Å². The molecule has 1 heterocycles. The summed E-state index contributed by atoms with van der Waals surface area (Å²) in [4.78, 5) is 10.4. The monoisotopic (exact) mass is 192 g/mol. The molecule has 0 radical (unpaired) electrons. The van der Waals surface area contributed by atoms with Crippen LogP contribution < -0.4 is 5.76 Å². The lowest BCUT2D eigenvalue weighted by molar-refractivity contribution is 0.457. The van der Waals surface area contributed by atoms with Crippen molar-refractivity contribution in [1.29, 1.82) is 0 Å². The molecule has 1 aromatic rings. The summed E-state index contributed by atoms with van der Waals surface area (Å²) in [6, 6.07) is 0. The molecule has 1 aromatic heterocycles. The van der Waals surface area contributed by atoms with Gasteiger partial charge in [-0.05, 0) is 6.92 Å². The third-order valence-corrected chi connectivity index (χ3v) is 2.93. The molecular formula is C5H8N2O4S. The van der Waals surface area contributed by atoms with Crippen LogP contribution in [-0.4, -0.2) is 24.9 Å². The molecule has 0 aliphatic rings. The molecule has 1 unspecified atom stereocenters. The van der Waals surface area contributed by atoms with Crippen molar-refractivity contribution in [3.05, 3.63) is 16.4 Å². The number of sulfone groups is 1. The van der Waals surface area contributed by atoms with Gasteiger partial charge in [0.2, 0.25) is 5.89 Å². The van der Waals surface area contributed by atoms with Crippen molar-refractivity contribution in [2.75, 3.05) is 6.26 Å². The van der Waals surface area contributed by atoms with Crippen LogP contribution in [0, 0.1) is 0 Å². The summed E-state index contributed by atoms with van der Waals surface area (Å²) in [6.07, 6.45) is 1.05. The molecule has 0 saturated heterocycles. The number of nitrogens with one attached hydrogen (secondary N) is 1. The van der Waals surface area contributed by atoms with Gasteiger partial charge in [-0.3, -0.25) is 0 Å². The SMILES string of the molecule is CC(c1n[nH]c(=O)o1)S(C)(=O)=O. The van der Waals surface area contributed by atoms with E-state index in [4.69, 9.17) is 0 Å². The number of hydrogen-bond donors (Lipinski definition) is 1. The summed E-state index contributed by atoms with van der Waals surface area (Å²) in [7, 11) is -3.26. The molecule has 0 saturated carbocycles. The van der Waals surface area contributed by atoms with Gasteiger partial charge in [-0.2, -0.15) is 0 Å². The molecule has 1 rings (SSSR count). The summed E-state index contributed by atoms with van der Waals surface area (Å²) in [5.74, 6) is -0.858. The molecule has 12 heavy (non-hydrogen) atoms. The first-order valence-corrected chi connectivity index (χ1v) is 5.11. The first-order chi connectivity index (χ1) is 5.41. The molecule has 0 amide bonds. The first kappa shape index (κ1) is 8.98. The van der Waals surface area contributed by atoms with Crippen LogP contribution in [-0.2, 0) is 9.84 Å². The Kier molecular flexibility index (Phi) is 2.05. The predicted octanol–water partition coefficient (Wildman–Crippen LogP) is -0.532. The van der Waals surface area contributed by atoms with E-state index in [1.54, 1.807) is 0 Å². The largest absolute Gasteiger partial charge is 0.434 e. The minimum absolute atomic E-state index is 0.109. The lowest BCUT2D eigenvalue weighted by Gasteiger charge is -2.01. The Morgan fingerprint density at radius 2 is 2.17 bits per heavy atom. The van der Waals surface area contributed by atoms with Crippen molar-refractivity contribution in [1.82, 2.24) is 10.2 Å². The summed E-state index contributed by atoms with van der Waals surface area (Å²) in [6.45, 7) is 1.40. The molecule has 6 nitrogen and oxygen atoms in total. The fourth-order valence-corrected chi connectivity index (χ4v) is 1.07. The molecule has 1 N–H and O–H groups in total. The van der Waals surface area contributed by atoms with Gasteiger partial charge < -0.3 is 4.42 Å². The number of hydrogen-bond acceptors (Lipinski definition) is 5. The van der Waals surface area contributed by atoms with Crippen LogP contribution in [0.1, 0.15) is 18.1 Å². The average Bonchev–Trinajstić information content (AvgIpc) is 2.32. The second kappa shape index (κ2) is 2.74. The van der Waals surface area contributed by atoms with E-state index in [0.717, 1.165) is 6.26 Å². The molecule has 0 bridgehead atoms. The van der Waals surface area contributed by atoms with E-state index in [0.29, 0.717) is 0 Å². The van der Waals surface area contributed by atoms with Gasteiger partial charge in [0.1, 0.15) is 5.25 Å². The highest BCUT2D eigenvalue weighted by Gasteiger charge is 2.22. The van der Waals surface area contributed by atoms with Crippen LogP contribution in [0.2, 0.25) is 0 Å². The van der Waals surface area contributed by atoms with Crippen molar-refractivity contribution >= 4 is 9.84 Å². The van der Waals surface area contributed by atoms with Crippen molar-refractivity contribution in [3.63, 3.8) is 0 Å². The molecule has 0 aromatic carbocycles. The highest BCUT2D eigenvalue weighted by molar-refractivity contribution is 7.90. The third-order valence-electron chi connectivity index (χ3n) is 1.44. The minimum Gasteiger partial charge on any atom is -0.391 e. The standard InChI is InChI=1S/C5H8N2O4S/c1-3(12(2,9)10)4-6-7-5(8)11-4/h3H,1-2H3,(H,7,8). The molecular weight excluding hydrogens is 184 g/mol. The number of H-pyrrole nitrogens is 1. The summed E-state index contributed by atoms with van der Waals surface area (Å²) in [5.41, 5.74) is 0. The lowest BCUT2D eigenvalue weighted by Crippen LogP contribution is -2.08. The van der Waals surface area contributed by atoms with Crippen LogP contribution in [0.25, 0.3) is 0 Å². The van der Waals surface area contributed by atoms with E-state index in [2.05, 4.69) is 9.52 Å². The molecule has 0 aliphatic carbocycles. The van der Waals surface area contributed by atoms with E-state index in [1.165, 1.54) is 6.92 Å². The van der Waals surface area contributed by atoms with Crippen LogP contribution in [0.15, 0.2) is 9.21 Å². The lowest BCUT2D eigenvalue weighted by atomic mass is 10.5. The zero-order valence-electron chi connectivity index (χ0n) is 6.57. The summed E-state index contributed by atoms with van der Waals surface area (Å²) >= 11 is 0. The van der Waals surface area contributed by atoms with Gasteiger partial charge in [0.15, 0.2) is 9.84 Å². The van der Waals surface area contributed by atoms with Crippen LogP contribution in [0.5, 0.6) is 0 Å². The van der Waals surface area contributed by atoms with E-state index in [1.807, 2.05) is 5.10 Å². The molecule has 7 heteroatoms. The van der Waals surface area contributed by atoms with Gasteiger partial charge in [-0.15, -0.1) is 5.10 Å². The number of nitrogens with zero attached hydrogens (tertiary/aromatic N) is 1. The van der Waals surface area contributed by atoms with E-state index >= 15 is 0 Å². The Morgan fingerprint density at radius 1 is 1.58 bits per heavy atom. The fraction of sp³-hybridized carbons (Fsp3) is 0.600. The number of aromatic amines is 1. The average molecular weight is 192 g/mol. The van der Waals surface area contributed by atoms with E-state index in [9.17, 15) is 13.2 Å². The Labute approximate surface area is 68.5 Å². The van der Waals surface area contributed by atoms with Crippen molar-refractivity contribution in [2.24, 2.45) is 0 Å². The topological polar surface area (TPSA) is 93.0 Å². The molecule has 0 fully saturated rings. The van der Waals surface area contributed by atoms with Crippen LogP contribution in [0.3, 0.4) is 0 Å². The van der Waals surface area contributed by atoms with Gasteiger partial charge in [0.05, 0.1) is 0 Å².